The maximum atomic E-state index is 12.7. The molecule has 0 unspecified atom stereocenters. The number of nitrogens with zero attached hydrogens (tertiary/aromatic N) is 4. The van der Waals surface area contributed by atoms with Gasteiger partial charge in [-0.3, -0.25) is 4.79 Å². The molecule has 1 aromatic carbocycles. The van der Waals surface area contributed by atoms with Gasteiger partial charge in [-0.2, -0.15) is 0 Å². The molecule has 0 radical (unpaired) electrons. The van der Waals surface area contributed by atoms with Crippen LogP contribution in [0.4, 0.5) is 0 Å². The zero-order chi connectivity index (χ0) is 18.8. The Morgan fingerprint density at radius 3 is 2.59 bits per heavy atom. The van der Waals surface area contributed by atoms with E-state index in [1.165, 1.54) is 5.56 Å². The van der Waals surface area contributed by atoms with Crippen molar-refractivity contribution in [3.63, 3.8) is 0 Å². The van der Waals surface area contributed by atoms with E-state index < -0.39 is 0 Å². The lowest BCUT2D eigenvalue weighted by atomic mass is 10.1. The number of aromatic nitrogens is 2. The first-order chi connectivity index (χ1) is 13.1. The molecule has 2 aromatic heterocycles. The minimum Gasteiger partial charge on any atom is -0.339 e. The molecule has 3 aromatic rings. The molecule has 0 N–H and O–H groups in total. The van der Waals surface area contributed by atoms with E-state index in [1.54, 1.807) is 11.3 Å². The summed E-state index contributed by atoms with van der Waals surface area (Å²) in [5.41, 5.74) is 4.34. The minimum atomic E-state index is 0.177. The predicted molar refractivity (Wildman–Crippen MR) is 110 cm³/mol. The van der Waals surface area contributed by atoms with Crippen LogP contribution in [-0.2, 0) is 11.3 Å². The minimum absolute atomic E-state index is 0.177. The third-order valence-corrected chi connectivity index (χ3v) is 5.93. The summed E-state index contributed by atoms with van der Waals surface area (Å²) < 4.78 is 2.01. The molecule has 0 atom stereocenters. The summed E-state index contributed by atoms with van der Waals surface area (Å²) in [5.74, 6) is 0.177. The largest absolute Gasteiger partial charge is 0.339 e. The molecule has 27 heavy (non-hydrogen) atoms. The van der Waals surface area contributed by atoms with Crippen LogP contribution >= 0.6 is 11.3 Å². The van der Waals surface area contributed by atoms with Crippen molar-refractivity contribution in [1.82, 2.24) is 19.4 Å². The highest BCUT2D eigenvalue weighted by Gasteiger charge is 2.20. The molecule has 1 aliphatic rings. The molecule has 1 fully saturated rings. The molecule has 0 saturated carbocycles. The average Bonchev–Trinajstić information content (AvgIpc) is 3.32. The summed E-state index contributed by atoms with van der Waals surface area (Å²) >= 11 is 1.62. The standard InChI is InChI=1S/C21H24N4OS/c1-16-5-7-17(8-6-16)18-15-27-21(22-18)19-4-3-9-25(19)14-20(26)24-12-10-23(2)11-13-24/h3-9,15H,10-14H2,1-2H3. The van der Waals surface area contributed by atoms with E-state index in [4.69, 9.17) is 4.98 Å². The monoisotopic (exact) mass is 380 g/mol. The Morgan fingerprint density at radius 2 is 1.85 bits per heavy atom. The summed E-state index contributed by atoms with van der Waals surface area (Å²) in [4.78, 5) is 21.7. The van der Waals surface area contributed by atoms with E-state index in [0.29, 0.717) is 6.54 Å². The van der Waals surface area contributed by atoms with Gasteiger partial charge >= 0.3 is 0 Å². The number of amides is 1. The van der Waals surface area contributed by atoms with Crippen molar-refractivity contribution < 1.29 is 4.79 Å². The van der Waals surface area contributed by atoms with E-state index in [9.17, 15) is 4.79 Å². The van der Waals surface area contributed by atoms with Crippen LogP contribution in [0.15, 0.2) is 48.0 Å². The van der Waals surface area contributed by atoms with Crippen LogP contribution in [0.5, 0.6) is 0 Å². The van der Waals surface area contributed by atoms with E-state index >= 15 is 0 Å². The number of carbonyl (C=O) groups excluding carboxylic acids is 1. The number of aryl methyl sites for hydroxylation is 1. The van der Waals surface area contributed by atoms with Gasteiger partial charge in [-0.05, 0) is 26.1 Å². The molecule has 0 aliphatic carbocycles. The third-order valence-electron chi connectivity index (χ3n) is 5.06. The van der Waals surface area contributed by atoms with Crippen molar-refractivity contribution in [2.75, 3.05) is 33.2 Å². The van der Waals surface area contributed by atoms with Crippen molar-refractivity contribution >= 4 is 17.2 Å². The third kappa shape index (κ3) is 3.96. The molecule has 1 aliphatic heterocycles. The summed E-state index contributed by atoms with van der Waals surface area (Å²) in [5, 5.41) is 3.03. The number of thiazole rings is 1. The number of carbonyl (C=O) groups is 1. The summed E-state index contributed by atoms with van der Waals surface area (Å²) in [7, 11) is 2.10. The molecule has 0 bridgehead atoms. The van der Waals surface area contributed by atoms with Crippen molar-refractivity contribution in [2.45, 2.75) is 13.5 Å². The van der Waals surface area contributed by atoms with Crippen LogP contribution < -0.4 is 0 Å². The Hall–Kier alpha value is -2.44. The van der Waals surface area contributed by atoms with Gasteiger partial charge in [0.15, 0.2) is 0 Å². The first kappa shape index (κ1) is 17.9. The van der Waals surface area contributed by atoms with Crippen LogP contribution in [0.25, 0.3) is 22.0 Å². The summed E-state index contributed by atoms with van der Waals surface area (Å²) in [6.45, 7) is 5.95. The Morgan fingerprint density at radius 1 is 1.11 bits per heavy atom. The highest BCUT2D eigenvalue weighted by molar-refractivity contribution is 7.13. The lowest BCUT2D eigenvalue weighted by molar-refractivity contribution is -0.133. The van der Waals surface area contributed by atoms with Gasteiger partial charge in [-0.1, -0.05) is 29.8 Å². The second-order valence-corrected chi connectivity index (χ2v) is 7.97. The lowest BCUT2D eigenvalue weighted by Gasteiger charge is -2.32. The fourth-order valence-corrected chi connectivity index (χ4v) is 4.17. The molecule has 5 nitrogen and oxygen atoms in total. The first-order valence-electron chi connectivity index (χ1n) is 9.24. The van der Waals surface area contributed by atoms with Crippen molar-refractivity contribution in [3.05, 3.63) is 53.5 Å². The molecule has 1 amide bonds. The maximum Gasteiger partial charge on any atom is 0.242 e. The van der Waals surface area contributed by atoms with Crippen LogP contribution in [0, 0.1) is 6.92 Å². The average molecular weight is 381 g/mol. The first-order valence-corrected chi connectivity index (χ1v) is 10.1. The topological polar surface area (TPSA) is 41.4 Å². The number of rotatable bonds is 4. The van der Waals surface area contributed by atoms with E-state index in [1.807, 2.05) is 27.8 Å². The van der Waals surface area contributed by atoms with Crippen LogP contribution in [0.1, 0.15) is 5.56 Å². The molecular formula is C21H24N4OS. The number of piperazine rings is 1. The molecule has 0 spiro atoms. The van der Waals surface area contributed by atoms with Gasteiger partial charge in [-0.25, -0.2) is 4.98 Å². The number of hydrogen-bond acceptors (Lipinski definition) is 4. The van der Waals surface area contributed by atoms with Crippen LogP contribution in [0.2, 0.25) is 0 Å². The van der Waals surface area contributed by atoms with Crippen molar-refractivity contribution in [1.29, 1.82) is 0 Å². The Labute approximate surface area is 163 Å². The molecule has 6 heteroatoms. The Kier molecular flexibility index (Phi) is 5.09. The van der Waals surface area contributed by atoms with E-state index in [0.717, 1.165) is 48.1 Å². The van der Waals surface area contributed by atoms with Gasteiger partial charge in [0.1, 0.15) is 11.6 Å². The van der Waals surface area contributed by atoms with Gasteiger partial charge in [0.05, 0.1) is 11.4 Å². The Balaban J connectivity index is 1.50. The second-order valence-electron chi connectivity index (χ2n) is 7.11. The molecule has 1 saturated heterocycles. The summed E-state index contributed by atoms with van der Waals surface area (Å²) in [6.07, 6.45) is 1.97. The van der Waals surface area contributed by atoms with E-state index in [-0.39, 0.29) is 5.91 Å². The quantitative estimate of drug-likeness (QED) is 0.697. The zero-order valence-electron chi connectivity index (χ0n) is 15.8. The van der Waals surface area contributed by atoms with Gasteiger partial charge in [0.25, 0.3) is 0 Å². The van der Waals surface area contributed by atoms with Crippen molar-refractivity contribution in [2.24, 2.45) is 0 Å². The number of hydrogen-bond donors (Lipinski definition) is 0. The fraction of sp³-hybridized carbons (Fsp3) is 0.333. The maximum absolute atomic E-state index is 12.7. The summed E-state index contributed by atoms with van der Waals surface area (Å²) in [6, 6.07) is 12.4. The van der Waals surface area contributed by atoms with Crippen molar-refractivity contribution in [3.8, 4) is 22.0 Å². The number of likely N-dealkylation sites (N-methyl/N-ethyl adjacent to an activating group) is 1. The predicted octanol–water partition coefficient (Wildman–Crippen LogP) is 3.36. The molecule has 3 heterocycles. The second kappa shape index (κ2) is 7.66. The smallest absolute Gasteiger partial charge is 0.242 e. The lowest BCUT2D eigenvalue weighted by Crippen LogP contribution is -2.48. The van der Waals surface area contributed by atoms with Crippen LogP contribution in [0.3, 0.4) is 0 Å². The highest BCUT2D eigenvalue weighted by atomic mass is 32.1. The van der Waals surface area contributed by atoms with Crippen LogP contribution in [-0.4, -0.2) is 58.5 Å². The SMILES string of the molecule is Cc1ccc(-c2csc(-c3cccn3CC(=O)N3CCN(C)CC3)n2)cc1. The fourth-order valence-electron chi connectivity index (χ4n) is 3.30. The van der Waals surface area contributed by atoms with Gasteiger partial charge in [0, 0.05) is 43.3 Å². The molecular weight excluding hydrogens is 356 g/mol. The van der Waals surface area contributed by atoms with E-state index in [2.05, 4.69) is 48.5 Å². The normalized spacial score (nSPS) is 15.3. The van der Waals surface area contributed by atoms with Gasteiger partial charge < -0.3 is 14.4 Å². The Bertz CT molecular complexity index is 920. The van der Waals surface area contributed by atoms with Gasteiger partial charge in [0.2, 0.25) is 5.91 Å². The zero-order valence-corrected chi connectivity index (χ0v) is 16.6. The molecule has 140 valence electrons. The highest BCUT2D eigenvalue weighted by Crippen LogP contribution is 2.29. The number of benzene rings is 1. The molecule has 4 rings (SSSR count). The van der Waals surface area contributed by atoms with Gasteiger partial charge in [-0.15, -0.1) is 11.3 Å².